The van der Waals surface area contributed by atoms with Crippen LogP contribution in [0.1, 0.15) is 31.2 Å². The Kier molecular flexibility index (Phi) is 7.99. The molecule has 0 aliphatic heterocycles. The van der Waals surface area contributed by atoms with E-state index in [2.05, 4.69) is 41.3 Å². The predicted octanol–water partition coefficient (Wildman–Crippen LogP) is 4.96. The highest BCUT2D eigenvalue weighted by atomic mass is 79.9. The standard InChI is InChI=1S/C21H27BrF3N5O/c1-30(2)19-9-10-27-20(29-19)28-17-7-3-14(4-8-17)12-26-13-15-5-6-16(22)11-18(15)31-21(23,24)25/h5-6,9-11,14,17,26H,3-4,7-8,12-13H2,1-2H3,(H,27,28,29). The summed E-state index contributed by atoms with van der Waals surface area (Å²) in [6, 6.07) is 6.89. The minimum atomic E-state index is -4.71. The average Bonchev–Trinajstić information content (AvgIpc) is 2.70. The van der Waals surface area contributed by atoms with E-state index >= 15 is 0 Å². The van der Waals surface area contributed by atoms with Crippen LogP contribution in [0, 0.1) is 5.92 Å². The van der Waals surface area contributed by atoms with Crippen molar-refractivity contribution >= 4 is 27.7 Å². The van der Waals surface area contributed by atoms with Gasteiger partial charge in [-0.15, -0.1) is 13.2 Å². The lowest BCUT2D eigenvalue weighted by Gasteiger charge is -2.29. The zero-order chi connectivity index (χ0) is 22.4. The first-order valence-electron chi connectivity index (χ1n) is 10.2. The molecule has 1 aromatic heterocycles. The molecule has 2 aromatic rings. The van der Waals surface area contributed by atoms with E-state index in [9.17, 15) is 13.2 Å². The van der Waals surface area contributed by atoms with Crippen molar-refractivity contribution in [3.8, 4) is 5.75 Å². The summed E-state index contributed by atoms with van der Waals surface area (Å²) in [5.74, 6) is 1.80. The lowest BCUT2D eigenvalue weighted by Crippen LogP contribution is -2.31. The first-order valence-corrected chi connectivity index (χ1v) is 11.0. The lowest BCUT2D eigenvalue weighted by atomic mass is 9.86. The number of aromatic nitrogens is 2. The van der Waals surface area contributed by atoms with E-state index < -0.39 is 6.36 Å². The first kappa shape index (κ1) is 23.6. The van der Waals surface area contributed by atoms with Crippen LogP contribution < -0.4 is 20.3 Å². The number of anilines is 2. The molecule has 1 aliphatic rings. The Balaban J connectivity index is 1.44. The van der Waals surface area contributed by atoms with Crippen LogP contribution in [-0.4, -0.2) is 43.0 Å². The predicted molar refractivity (Wildman–Crippen MR) is 118 cm³/mol. The monoisotopic (exact) mass is 501 g/mol. The van der Waals surface area contributed by atoms with Crippen molar-refractivity contribution in [1.82, 2.24) is 15.3 Å². The Morgan fingerprint density at radius 3 is 2.58 bits per heavy atom. The molecule has 0 spiro atoms. The van der Waals surface area contributed by atoms with Gasteiger partial charge in [0.1, 0.15) is 11.6 Å². The minimum absolute atomic E-state index is 0.178. The molecule has 3 rings (SSSR count). The van der Waals surface area contributed by atoms with Crippen molar-refractivity contribution in [2.24, 2.45) is 5.92 Å². The lowest BCUT2D eigenvalue weighted by molar-refractivity contribution is -0.274. The summed E-state index contributed by atoms with van der Waals surface area (Å²) >= 11 is 3.19. The molecule has 0 amide bonds. The van der Waals surface area contributed by atoms with Crippen LogP contribution in [0.15, 0.2) is 34.9 Å². The fourth-order valence-electron chi connectivity index (χ4n) is 3.67. The smallest absolute Gasteiger partial charge is 0.405 e. The molecule has 1 aromatic carbocycles. The molecule has 0 radical (unpaired) electrons. The number of halogens is 4. The summed E-state index contributed by atoms with van der Waals surface area (Å²) in [6.45, 7) is 1.07. The van der Waals surface area contributed by atoms with Crippen molar-refractivity contribution < 1.29 is 17.9 Å². The summed E-state index contributed by atoms with van der Waals surface area (Å²) in [5.41, 5.74) is 0.480. The van der Waals surface area contributed by atoms with E-state index in [0.717, 1.165) is 38.0 Å². The SMILES string of the molecule is CN(C)c1ccnc(NC2CCC(CNCc3ccc(Br)cc3OC(F)(F)F)CC2)n1. The Bertz CT molecular complexity index is 857. The molecule has 0 saturated heterocycles. The summed E-state index contributed by atoms with van der Waals surface area (Å²) in [5, 5.41) is 6.70. The molecular weight excluding hydrogens is 475 g/mol. The van der Waals surface area contributed by atoms with Crippen LogP contribution in [0.4, 0.5) is 24.9 Å². The van der Waals surface area contributed by atoms with E-state index in [1.807, 2.05) is 25.1 Å². The van der Waals surface area contributed by atoms with Crippen LogP contribution in [0.5, 0.6) is 5.75 Å². The summed E-state index contributed by atoms with van der Waals surface area (Å²) in [6.07, 6.45) is 1.11. The molecule has 31 heavy (non-hydrogen) atoms. The highest BCUT2D eigenvalue weighted by molar-refractivity contribution is 9.10. The number of nitrogens with one attached hydrogen (secondary N) is 2. The molecule has 0 bridgehead atoms. The van der Waals surface area contributed by atoms with Gasteiger partial charge in [-0.2, -0.15) is 4.98 Å². The fraction of sp³-hybridized carbons (Fsp3) is 0.524. The maximum Gasteiger partial charge on any atom is 0.573 e. The molecule has 2 N–H and O–H groups in total. The number of hydrogen-bond acceptors (Lipinski definition) is 6. The number of hydrogen-bond donors (Lipinski definition) is 2. The highest BCUT2D eigenvalue weighted by Gasteiger charge is 2.32. The van der Waals surface area contributed by atoms with Gasteiger partial charge in [-0.25, -0.2) is 4.98 Å². The van der Waals surface area contributed by atoms with Crippen molar-refractivity contribution in [1.29, 1.82) is 0 Å². The number of benzene rings is 1. The molecular formula is C21H27BrF3N5O. The van der Waals surface area contributed by atoms with E-state index in [4.69, 9.17) is 0 Å². The van der Waals surface area contributed by atoms with Crippen molar-refractivity contribution in [3.05, 3.63) is 40.5 Å². The van der Waals surface area contributed by atoms with Gasteiger partial charge in [-0.05, 0) is 56.3 Å². The molecule has 6 nitrogen and oxygen atoms in total. The van der Waals surface area contributed by atoms with Crippen LogP contribution in [0.3, 0.4) is 0 Å². The zero-order valence-electron chi connectivity index (χ0n) is 17.5. The topological polar surface area (TPSA) is 62.3 Å². The van der Waals surface area contributed by atoms with Crippen LogP contribution >= 0.6 is 15.9 Å². The molecule has 1 fully saturated rings. The van der Waals surface area contributed by atoms with Gasteiger partial charge in [0.05, 0.1) is 0 Å². The molecule has 1 heterocycles. The van der Waals surface area contributed by atoms with Gasteiger partial charge < -0.3 is 20.3 Å². The molecule has 1 saturated carbocycles. The van der Waals surface area contributed by atoms with Gasteiger partial charge in [0.25, 0.3) is 0 Å². The van der Waals surface area contributed by atoms with Gasteiger partial charge >= 0.3 is 6.36 Å². The van der Waals surface area contributed by atoms with Gasteiger partial charge in [-0.3, -0.25) is 0 Å². The summed E-state index contributed by atoms with van der Waals surface area (Å²) < 4.78 is 42.6. The van der Waals surface area contributed by atoms with Gasteiger partial charge in [0.2, 0.25) is 5.95 Å². The largest absolute Gasteiger partial charge is 0.573 e. The first-order chi connectivity index (χ1) is 14.7. The van der Waals surface area contributed by atoms with Crippen molar-refractivity contribution in [2.45, 2.75) is 44.6 Å². The second-order valence-corrected chi connectivity index (χ2v) is 8.84. The summed E-state index contributed by atoms with van der Waals surface area (Å²) in [7, 11) is 3.88. The maximum absolute atomic E-state index is 12.6. The number of rotatable bonds is 8. The van der Waals surface area contributed by atoms with Crippen LogP contribution in [-0.2, 0) is 6.54 Å². The van der Waals surface area contributed by atoms with Crippen LogP contribution in [0.2, 0.25) is 0 Å². The molecule has 0 unspecified atom stereocenters. The summed E-state index contributed by atoms with van der Waals surface area (Å²) in [4.78, 5) is 10.7. The zero-order valence-corrected chi connectivity index (χ0v) is 19.1. The van der Waals surface area contributed by atoms with Gasteiger partial charge in [-0.1, -0.05) is 22.0 Å². The second-order valence-electron chi connectivity index (χ2n) is 7.93. The second kappa shape index (κ2) is 10.5. The van der Waals surface area contributed by atoms with E-state index in [0.29, 0.717) is 34.5 Å². The van der Waals surface area contributed by atoms with E-state index in [1.165, 1.54) is 6.07 Å². The fourth-order valence-corrected chi connectivity index (χ4v) is 4.01. The van der Waals surface area contributed by atoms with E-state index in [1.54, 1.807) is 18.3 Å². The van der Waals surface area contributed by atoms with Crippen molar-refractivity contribution in [3.63, 3.8) is 0 Å². The van der Waals surface area contributed by atoms with E-state index in [-0.39, 0.29) is 5.75 Å². The van der Waals surface area contributed by atoms with Crippen molar-refractivity contribution in [2.75, 3.05) is 30.9 Å². The Labute approximate surface area is 188 Å². The number of ether oxygens (including phenoxy) is 1. The third kappa shape index (κ3) is 7.53. The Hall–Kier alpha value is -2.07. The number of nitrogens with zero attached hydrogens (tertiary/aromatic N) is 3. The molecule has 10 heteroatoms. The normalized spacial score (nSPS) is 19.2. The van der Waals surface area contributed by atoms with Gasteiger partial charge in [0.15, 0.2) is 0 Å². The Morgan fingerprint density at radius 2 is 1.90 bits per heavy atom. The highest BCUT2D eigenvalue weighted by Crippen LogP contribution is 2.30. The maximum atomic E-state index is 12.6. The third-order valence-electron chi connectivity index (χ3n) is 5.28. The average molecular weight is 502 g/mol. The quantitative estimate of drug-likeness (QED) is 0.532. The molecule has 0 atom stereocenters. The van der Waals surface area contributed by atoms with Gasteiger partial charge in [0, 0.05) is 42.9 Å². The molecule has 1 aliphatic carbocycles. The number of alkyl halides is 3. The molecule has 170 valence electrons. The Morgan fingerprint density at radius 1 is 1.16 bits per heavy atom. The third-order valence-corrected chi connectivity index (χ3v) is 5.78. The van der Waals surface area contributed by atoms with Crippen LogP contribution in [0.25, 0.3) is 0 Å². The minimum Gasteiger partial charge on any atom is -0.405 e.